The normalized spacial score (nSPS) is 58.6. The number of rotatable bonds is 1. The van der Waals surface area contributed by atoms with Crippen molar-refractivity contribution in [2.24, 2.45) is 11.8 Å². The number of hydrogen-bond acceptors (Lipinski definition) is 3. The van der Waals surface area contributed by atoms with Gasteiger partial charge in [0.25, 0.3) is 0 Å². The SMILES string of the molecule is OCC12C[C@@H]3C[C@@H](CC(O)(C3)O1)C2. The van der Waals surface area contributed by atoms with E-state index in [0.717, 1.165) is 25.7 Å². The molecule has 2 N–H and O–H groups in total. The molecule has 2 saturated heterocycles. The molecule has 4 rings (SSSR count). The molecule has 2 unspecified atom stereocenters. The Bertz CT molecular complexity index is 224. The van der Waals surface area contributed by atoms with Crippen LogP contribution in [0.2, 0.25) is 0 Å². The summed E-state index contributed by atoms with van der Waals surface area (Å²) in [5.41, 5.74) is -0.390. The molecule has 0 aromatic heterocycles. The van der Waals surface area contributed by atoms with E-state index in [-0.39, 0.29) is 6.61 Å². The van der Waals surface area contributed by atoms with E-state index in [4.69, 9.17) is 4.74 Å². The van der Waals surface area contributed by atoms with Gasteiger partial charge in [0.2, 0.25) is 0 Å². The lowest BCUT2D eigenvalue weighted by Crippen LogP contribution is -2.62. The van der Waals surface area contributed by atoms with Crippen molar-refractivity contribution in [1.29, 1.82) is 0 Å². The fraction of sp³-hybridized carbons (Fsp3) is 1.00. The summed E-state index contributed by atoms with van der Waals surface area (Å²) in [5.74, 6) is 0.268. The molecular formula is C10H16O3. The zero-order chi connectivity index (χ0) is 9.10. The Morgan fingerprint density at radius 3 is 2.23 bits per heavy atom. The summed E-state index contributed by atoms with van der Waals surface area (Å²) < 4.78 is 5.65. The summed E-state index contributed by atoms with van der Waals surface area (Å²) in [6, 6.07) is 0. The fourth-order valence-corrected chi connectivity index (χ4v) is 3.80. The van der Waals surface area contributed by atoms with E-state index in [9.17, 15) is 10.2 Å². The Hall–Kier alpha value is -0.120. The number of ether oxygens (including phenoxy) is 1. The molecule has 0 aromatic rings. The second kappa shape index (κ2) is 2.27. The van der Waals surface area contributed by atoms with Crippen molar-refractivity contribution in [2.75, 3.05) is 6.61 Å². The Labute approximate surface area is 77.7 Å². The quantitative estimate of drug-likeness (QED) is 0.629. The fourth-order valence-electron chi connectivity index (χ4n) is 3.80. The summed E-state index contributed by atoms with van der Waals surface area (Å²) in [4.78, 5) is 0. The predicted octanol–water partition coefficient (Wildman–Crippen LogP) is 0.646. The molecule has 2 aliphatic carbocycles. The van der Waals surface area contributed by atoms with E-state index >= 15 is 0 Å². The molecule has 0 spiro atoms. The molecule has 0 aromatic carbocycles. The van der Waals surface area contributed by atoms with Gasteiger partial charge in [-0.1, -0.05) is 0 Å². The highest BCUT2D eigenvalue weighted by molar-refractivity contribution is 5.04. The van der Waals surface area contributed by atoms with E-state index in [1.165, 1.54) is 6.42 Å². The number of aliphatic hydroxyl groups excluding tert-OH is 1. The Morgan fingerprint density at radius 2 is 1.77 bits per heavy atom. The summed E-state index contributed by atoms with van der Waals surface area (Å²) in [5, 5.41) is 19.4. The minimum absolute atomic E-state index is 0.0717. The van der Waals surface area contributed by atoms with Crippen molar-refractivity contribution in [3.63, 3.8) is 0 Å². The topological polar surface area (TPSA) is 49.7 Å². The average molecular weight is 184 g/mol. The molecule has 13 heavy (non-hydrogen) atoms. The van der Waals surface area contributed by atoms with Crippen LogP contribution < -0.4 is 0 Å². The average Bonchev–Trinajstić information content (AvgIpc) is 1.99. The van der Waals surface area contributed by atoms with Crippen molar-refractivity contribution >= 4 is 0 Å². The first-order chi connectivity index (χ1) is 6.13. The minimum Gasteiger partial charge on any atom is -0.393 e. The van der Waals surface area contributed by atoms with Crippen LogP contribution in [0.1, 0.15) is 32.1 Å². The molecule has 2 saturated carbocycles. The van der Waals surface area contributed by atoms with Crippen LogP contribution >= 0.6 is 0 Å². The van der Waals surface area contributed by atoms with E-state index < -0.39 is 11.4 Å². The highest BCUT2D eigenvalue weighted by atomic mass is 16.6. The third-order valence-electron chi connectivity index (χ3n) is 3.90. The standard InChI is InChI=1S/C10H16O3/c11-6-9-2-7-1-8(3-9)5-10(12,4-7)13-9/h7-8,11-12H,1-6H2/t7-,8+,9?,10?. The Balaban J connectivity index is 1.95. The van der Waals surface area contributed by atoms with Gasteiger partial charge in [-0.2, -0.15) is 0 Å². The summed E-state index contributed by atoms with van der Waals surface area (Å²) >= 11 is 0. The summed E-state index contributed by atoms with van der Waals surface area (Å²) in [6.45, 7) is 0.0717. The Morgan fingerprint density at radius 1 is 1.15 bits per heavy atom. The maximum Gasteiger partial charge on any atom is 0.166 e. The van der Waals surface area contributed by atoms with Crippen LogP contribution in [0.25, 0.3) is 0 Å². The van der Waals surface area contributed by atoms with Gasteiger partial charge < -0.3 is 14.9 Å². The molecule has 4 fully saturated rings. The van der Waals surface area contributed by atoms with Gasteiger partial charge in [0.15, 0.2) is 5.79 Å². The van der Waals surface area contributed by atoms with Crippen molar-refractivity contribution in [1.82, 2.24) is 0 Å². The molecule has 4 bridgehead atoms. The van der Waals surface area contributed by atoms with Gasteiger partial charge >= 0.3 is 0 Å². The van der Waals surface area contributed by atoms with Crippen molar-refractivity contribution in [3.05, 3.63) is 0 Å². The second-order valence-corrected chi connectivity index (χ2v) is 5.17. The first-order valence-corrected chi connectivity index (χ1v) is 5.17. The third-order valence-corrected chi connectivity index (χ3v) is 3.90. The predicted molar refractivity (Wildman–Crippen MR) is 45.9 cm³/mol. The van der Waals surface area contributed by atoms with Crippen LogP contribution in [-0.4, -0.2) is 28.2 Å². The van der Waals surface area contributed by atoms with Crippen LogP contribution in [-0.2, 0) is 4.74 Å². The second-order valence-electron chi connectivity index (χ2n) is 5.17. The molecule has 2 heterocycles. The highest BCUT2D eigenvalue weighted by Crippen LogP contribution is 2.56. The van der Waals surface area contributed by atoms with Crippen LogP contribution in [0, 0.1) is 11.8 Å². The van der Waals surface area contributed by atoms with E-state index in [2.05, 4.69) is 0 Å². The lowest BCUT2D eigenvalue weighted by molar-refractivity contribution is -0.360. The monoisotopic (exact) mass is 184 g/mol. The van der Waals surface area contributed by atoms with Crippen LogP contribution in [0.4, 0.5) is 0 Å². The molecule has 0 radical (unpaired) electrons. The smallest absolute Gasteiger partial charge is 0.166 e. The minimum atomic E-state index is -0.896. The van der Waals surface area contributed by atoms with E-state index in [1.807, 2.05) is 0 Å². The van der Waals surface area contributed by atoms with Gasteiger partial charge in [0, 0.05) is 12.8 Å². The van der Waals surface area contributed by atoms with Gasteiger partial charge in [0.1, 0.15) is 0 Å². The van der Waals surface area contributed by atoms with Crippen LogP contribution in [0.5, 0.6) is 0 Å². The van der Waals surface area contributed by atoms with Gasteiger partial charge in [-0.05, 0) is 31.1 Å². The third kappa shape index (κ3) is 1.07. The van der Waals surface area contributed by atoms with Gasteiger partial charge in [-0.15, -0.1) is 0 Å². The largest absolute Gasteiger partial charge is 0.393 e. The zero-order valence-corrected chi connectivity index (χ0v) is 7.70. The maximum absolute atomic E-state index is 10.1. The first-order valence-electron chi connectivity index (χ1n) is 5.17. The maximum atomic E-state index is 10.1. The lowest BCUT2D eigenvalue weighted by atomic mass is 9.61. The zero-order valence-electron chi connectivity index (χ0n) is 7.70. The molecule has 3 heteroatoms. The van der Waals surface area contributed by atoms with Crippen LogP contribution in [0.15, 0.2) is 0 Å². The highest BCUT2D eigenvalue weighted by Gasteiger charge is 2.58. The number of hydrogen-bond donors (Lipinski definition) is 2. The van der Waals surface area contributed by atoms with Crippen molar-refractivity contribution < 1.29 is 14.9 Å². The first kappa shape index (κ1) is 8.21. The summed E-state index contributed by atoms with van der Waals surface area (Å²) in [6.07, 6.45) is 4.69. The summed E-state index contributed by atoms with van der Waals surface area (Å²) in [7, 11) is 0. The van der Waals surface area contributed by atoms with Crippen molar-refractivity contribution in [3.8, 4) is 0 Å². The van der Waals surface area contributed by atoms with E-state index in [0.29, 0.717) is 11.8 Å². The Kier molecular flexibility index (Phi) is 1.43. The lowest BCUT2D eigenvalue weighted by Gasteiger charge is -2.59. The van der Waals surface area contributed by atoms with Crippen molar-refractivity contribution in [2.45, 2.75) is 43.5 Å². The molecule has 0 amide bonds. The number of aliphatic hydroxyl groups is 2. The van der Waals surface area contributed by atoms with E-state index in [1.54, 1.807) is 0 Å². The van der Waals surface area contributed by atoms with Crippen LogP contribution in [0.3, 0.4) is 0 Å². The molecule has 3 nitrogen and oxygen atoms in total. The molecule has 2 aliphatic heterocycles. The van der Waals surface area contributed by atoms with Gasteiger partial charge in [-0.25, -0.2) is 0 Å². The molecule has 74 valence electrons. The molecular weight excluding hydrogens is 168 g/mol. The van der Waals surface area contributed by atoms with Gasteiger partial charge in [-0.3, -0.25) is 0 Å². The molecule has 4 atom stereocenters. The molecule has 4 aliphatic rings. The van der Waals surface area contributed by atoms with Gasteiger partial charge in [0.05, 0.1) is 12.2 Å².